The number of nitro benzene ring substituents is 1. The van der Waals surface area contributed by atoms with E-state index < -0.39 is 16.7 Å². The van der Waals surface area contributed by atoms with Crippen molar-refractivity contribution in [1.82, 2.24) is 4.90 Å². The van der Waals surface area contributed by atoms with Gasteiger partial charge in [0.25, 0.3) is 11.6 Å². The topological polar surface area (TPSA) is 89.8 Å². The van der Waals surface area contributed by atoms with Crippen LogP contribution in [0.2, 0.25) is 5.02 Å². The molecule has 1 fully saturated rings. The minimum Gasteiger partial charge on any atom is -0.466 e. The van der Waals surface area contributed by atoms with Gasteiger partial charge < -0.3 is 9.64 Å². The number of likely N-dealkylation sites (tertiary alicyclic amines) is 1. The zero-order valence-corrected chi connectivity index (χ0v) is 13.4. The van der Waals surface area contributed by atoms with Gasteiger partial charge in [0.2, 0.25) is 0 Å². The Morgan fingerprint density at radius 2 is 2.22 bits per heavy atom. The average molecular weight is 341 g/mol. The first-order valence-electron chi connectivity index (χ1n) is 7.34. The number of carbonyl (C=O) groups is 2. The van der Waals surface area contributed by atoms with E-state index in [-0.39, 0.29) is 35.4 Å². The Morgan fingerprint density at radius 3 is 2.87 bits per heavy atom. The number of hydrogen-bond acceptors (Lipinski definition) is 5. The van der Waals surface area contributed by atoms with Crippen LogP contribution in [0.5, 0.6) is 0 Å². The number of carbonyl (C=O) groups excluding carboxylic acids is 2. The fourth-order valence-electron chi connectivity index (χ4n) is 2.62. The maximum atomic E-state index is 12.6. The molecule has 23 heavy (non-hydrogen) atoms. The number of nitro groups is 1. The average Bonchev–Trinajstić information content (AvgIpc) is 2.54. The van der Waals surface area contributed by atoms with Gasteiger partial charge in [0, 0.05) is 24.2 Å². The first-order chi connectivity index (χ1) is 10.9. The van der Waals surface area contributed by atoms with Gasteiger partial charge in [-0.1, -0.05) is 11.6 Å². The number of esters is 1. The van der Waals surface area contributed by atoms with Crippen LogP contribution in [-0.2, 0) is 9.53 Å². The van der Waals surface area contributed by atoms with E-state index in [9.17, 15) is 19.7 Å². The lowest BCUT2D eigenvalue weighted by Gasteiger charge is -2.31. The number of amides is 1. The van der Waals surface area contributed by atoms with Crippen molar-refractivity contribution in [1.29, 1.82) is 0 Å². The summed E-state index contributed by atoms with van der Waals surface area (Å²) in [7, 11) is 0. The molecular weight excluding hydrogens is 324 g/mol. The van der Waals surface area contributed by atoms with Crippen LogP contribution in [0.1, 0.15) is 30.1 Å². The van der Waals surface area contributed by atoms with Crippen molar-refractivity contribution in [3.8, 4) is 0 Å². The lowest BCUT2D eigenvalue weighted by atomic mass is 9.97. The molecule has 1 heterocycles. The number of nitrogens with zero attached hydrogens (tertiary/aromatic N) is 2. The predicted molar refractivity (Wildman–Crippen MR) is 83.4 cm³/mol. The molecule has 1 aliphatic rings. The van der Waals surface area contributed by atoms with E-state index in [1.165, 1.54) is 23.1 Å². The Kier molecular flexibility index (Phi) is 5.54. The number of rotatable bonds is 4. The summed E-state index contributed by atoms with van der Waals surface area (Å²) < 4.78 is 4.99. The van der Waals surface area contributed by atoms with Crippen molar-refractivity contribution in [2.24, 2.45) is 5.92 Å². The molecule has 0 aromatic heterocycles. The highest BCUT2D eigenvalue weighted by atomic mass is 35.5. The predicted octanol–water partition coefficient (Wildman–Crippen LogP) is 2.66. The molecule has 0 spiro atoms. The molecule has 0 radical (unpaired) electrons. The van der Waals surface area contributed by atoms with Gasteiger partial charge in [-0.05, 0) is 31.9 Å². The van der Waals surface area contributed by atoms with Crippen LogP contribution in [0, 0.1) is 16.0 Å². The standard InChI is InChI=1S/C15H17ClN2O5/c1-2-23-15(20)10-4-3-7-17(9-10)14(19)12-8-11(16)5-6-13(12)18(21)22/h5-6,8,10H,2-4,7,9H2,1H3. The highest BCUT2D eigenvalue weighted by Gasteiger charge is 2.32. The summed E-state index contributed by atoms with van der Waals surface area (Å²) in [6.45, 7) is 2.64. The smallest absolute Gasteiger partial charge is 0.310 e. The molecule has 0 saturated carbocycles. The van der Waals surface area contributed by atoms with Gasteiger partial charge in [-0.25, -0.2) is 0 Å². The number of halogens is 1. The second-order valence-corrected chi connectivity index (χ2v) is 5.70. The van der Waals surface area contributed by atoms with E-state index in [4.69, 9.17) is 16.3 Å². The Hall–Kier alpha value is -2.15. The first-order valence-corrected chi connectivity index (χ1v) is 7.71. The molecule has 1 unspecified atom stereocenters. The van der Waals surface area contributed by atoms with Crippen molar-refractivity contribution in [2.45, 2.75) is 19.8 Å². The molecule has 1 atom stereocenters. The number of ether oxygens (including phenoxy) is 1. The minimum absolute atomic E-state index is 0.0630. The van der Waals surface area contributed by atoms with Gasteiger partial charge in [-0.15, -0.1) is 0 Å². The van der Waals surface area contributed by atoms with Gasteiger partial charge in [-0.3, -0.25) is 19.7 Å². The van der Waals surface area contributed by atoms with Crippen LogP contribution in [0.25, 0.3) is 0 Å². The van der Waals surface area contributed by atoms with Crippen LogP contribution >= 0.6 is 11.6 Å². The molecule has 0 bridgehead atoms. The molecule has 0 aliphatic carbocycles. The van der Waals surface area contributed by atoms with Gasteiger partial charge >= 0.3 is 5.97 Å². The maximum Gasteiger partial charge on any atom is 0.310 e. The molecule has 124 valence electrons. The fourth-order valence-corrected chi connectivity index (χ4v) is 2.80. The van der Waals surface area contributed by atoms with E-state index in [2.05, 4.69) is 0 Å². The van der Waals surface area contributed by atoms with Crippen molar-refractivity contribution in [3.05, 3.63) is 38.9 Å². The van der Waals surface area contributed by atoms with Crippen LogP contribution in [0.3, 0.4) is 0 Å². The summed E-state index contributed by atoms with van der Waals surface area (Å²) in [5.41, 5.74) is -0.357. The molecule has 1 aromatic rings. The molecule has 0 N–H and O–H groups in total. The van der Waals surface area contributed by atoms with Gasteiger partial charge in [-0.2, -0.15) is 0 Å². The molecule has 1 aliphatic heterocycles. The largest absolute Gasteiger partial charge is 0.466 e. The normalized spacial score (nSPS) is 17.7. The van der Waals surface area contributed by atoms with E-state index in [0.29, 0.717) is 19.4 Å². The molecule has 7 nitrogen and oxygen atoms in total. The second-order valence-electron chi connectivity index (χ2n) is 5.26. The summed E-state index contributed by atoms with van der Waals surface area (Å²) in [5, 5.41) is 11.3. The van der Waals surface area contributed by atoms with E-state index in [0.717, 1.165) is 0 Å². The molecule has 8 heteroatoms. The Bertz CT molecular complexity index is 634. The highest BCUT2D eigenvalue weighted by molar-refractivity contribution is 6.31. The van der Waals surface area contributed by atoms with Gasteiger partial charge in [0.15, 0.2) is 0 Å². The number of benzene rings is 1. The summed E-state index contributed by atoms with van der Waals surface area (Å²) in [4.78, 5) is 36.4. The monoisotopic (exact) mass is 340 g/mol. The number of hydrogen-bond donors (Lipinski definition) is 0. The summed E-state index contributed by atoms with van der Waals surface area (Å²) >= 11 is 5.86. The zero-order valence-electron chi connectivity index (χ0n) is 12.7. The maximum absolute atomic E-state index is 12.6. The van der Waals surface area contributed by atoms with Crippen LogP contribution in [0.4, 0.5) is 5.69 Å². The molecule has 2 rings (SSSR count). The Balaban J connectivity index is 2.21. The summed E-state index contributed by atoms with van der Waals surface area (Å²) in [6.07, 6.45) is 1.28. The van der Waals surface area contributed by atoms with Gasteiger partial charge in [0.1, 0.15) is 5.56 Å². The Labute approximate surface area is 138 Å². The minimum atomic E-state index is -0.615. The third-order valence-electron chi connectivity index (χ3n) is 3.71. The van der Waals surface area contributed by atoms with Crippen LogP contribution < -0.4 is 0 Å². The van der Waals surface area contributed by atoms with E-state index in [1.807, 2.05) is 0 Å². The third-order valence-corrected chi connectivity index (χ3v) is 3.95. The Morgan fingerprint density at radius 1 is 1.48 bits per heavy atom. The van der Waals surface area contributed by atoms with Crippen molar-refractivity contribution in [3.63, 3.8) is 0 Å². The zero-order chi connectivity index (χ0) is 17.0. The van der Waals surface area contributed by atoms with E-state index >= 15 is 0 Å². The molecule has 1 amide bonds. The van der Waals surface area contributed by atoms with E-state index in [1.54, 1.807) is 6.92 Å². The van der Waals surface area contributed by atoms with Crippen molar-refractivity contribution < 1.29 is 19.2 Å². The van der Waals surface area contributed by atoms with Gasteiger partial charge in [0.05, 0.1) is 17.4 Å². The number of piperidine rings is 1. The van der Waals surface area contributed by atoms with Crippen molar-refractivity contribution in [2.75, 3.05) is 19.7 Å². The summed E-state index contributed by atoms with van der Waals surface area (Å²) in [5.74, 6) is -1.23. The lowest BCUT2D eigenvalue weighted by molar-refractivity contribution is -0.385. The SMILES string of the molecule is CCOC(=O)C1CCCN(C(=O)c2cc(Cl)ccc2[N+](=O)[O-])C1. The summed E-state index contributed by atoms with van der Waals surface area (Å²) in [6, 6.07) is 3.87. The lowest BCUT2D eigenvalue weighted by Crippen LogP contribution is -2.43. The third kappa shape index (κ3) is 3.98. The van der Waals surface area contributed by atoms with Crippen molar-refractivity contribution >= 4 is 29.2 Å². The quantitative estimate of drug-likeness (QED) is 0.477. The second kappa shape index (κ2) is 7.41. The molecular formula is C15H17ClN2O5. The molecule has 1 saturated heterocycles. The molecule has 1 aromatic carbocycles. The van der Waals surface area contributed by atoms with Crippen LogP contribution in [0.15, 0.2) is 18.2 Å². The fraction of sp³-hybridized carbons (Fsp3) is 0.467. The highest BCUT2D eigenvalue weighted by Crippen LogP contribution is 2.26. The van der Waals surface area contributed by atoms with Crippen LogP contribution in [-0.4, -0.2) is 41.4 Å². The first kappa shape index (κ1) is 17.2.